The maximum Gasteiger partial charge on any atom is 0.335 e. The van der Waals surface area contributed by atoms with Gasteiger partial charge in [0.05, 0.1) is 5.56 Å². The maximum absolute atomic E-state index is 10.7. The van der Waals surface area contributed by atoms with E-state index < -0.39 is 5.97 Å². The highest BCUT2D eigenvalue weighted by molar-refractivity contribution is 5.87. The molecule has 1 aliphatic carbocycles. The number of hydrogen-bond acceptors (Lipinski definition) is 2. The fourth-order valence-corrected chi connectivity index (χ4v) is 1.82. The topological polar surface area (TPSA) is 49.3 Å². The quantitative estimate of drug-likeness (QED) is 0.849. The molecular weight excluding hydrogens is 226 g/mol. The van der Waals surface area contributed by atoms with Crippen molar-refractivity contribution in [3.63, 3.8) is 0 Å². The third-order valence-corrected chi connectivity index (χ3v) is 3.13. The van der Waals surface area contributed by atoms with Crippen molar-refractivity contribution in [2.24, 2.45) is 0 Å². The Bertz CT molecular complexity index is 371. The lowest BCUT2D eigenvalue weighted by Gasteiger charge is -2.13. The summed E-state index contributed by atoms with van der Waals surface area (Å²) in [7, 11) is 1.98. The molecule has 0 atom stereocenters. The third kappa shape index (κ3) is 2.74. The third-order valence-electron chi connectivity index (χ3n) is 3.13. The molecule has 2 rings (SSSR count). The van der Waals surface area contributed by atoms with Crippen LogP contribution in [0.2, 0.25) is 0 Å². The number of nitrogens with one attached hydrogen (secondary N) is 1. The number of hydrogen-bond donors (Lipinski definition) is 2. The number of aromatic carboxylic acids is 1. The number of carboxylic acids is 1. The van der Waals surface area contributed by atoms with Gasteiger partial charge in [0.25, 0.3) is 0 Å². The van der Waals surface area contributed by atoms with Crippen LogP contribution in [0.1, 0.15) is 28.8 Å². The molecule has 1 aliphatic rings. The molecule has 0 aromatic heterocycles. The van der Waals surface area contributed by atoms with Gasteiger partial charge >= 0.3 is 5.97 Å². The normalized spacial score (nSPS) is 16.3. The molecule has 88 valence electrons. The van der Waals surface area contributed by atoms with Gasteiger partial charge in [-0.25, -0.2) is 4.79 Å². The molecule has 0 amide bonds. The highest BCUT2D eigenvalue weighted by Crippen LogP contribution is 2.37. The van der Waals surface area contributed by atoms with Crippen LogP contribution in [0.4, 0.5) is 0 Å². The lowest BCUT2D eigenvalue weighted by atomic mass is 10.0. The van der Waals surface area contributed by atoms with Gasteiger partial charge in [0.2, 0.25) is 0 Å². The summed E-state index contributed by atoms with van der Waals surface area (Å²) in [5, 5.41) is 12.1. The monoisotopic (exact) mass is 241 g/mol. The fraction of sp³-hybridized carbons (Fsp3) is 0.417. The molecule has 0 heterocycles. The molecule has 0 saturated heterocycles. The van der Waals surface area contributed by atoms with Crippen LogP contribution in [0.3, 0.4) is 0 Å². The van der Waals surface area contributed by atoms with Crippen LogP contribution in [-0.2, 0) is 6.42 Å². The van der Waals surface area contributed by atoms with Crippen molar-refractivity contribution in [3.8, 4) is 0 Å². The second-order valence-corrected chi connectivity index (χ2v) is 4.21. The summed E-state index contributed by atoms with van der Waals surface area (Å²) in [4.78, 5) is 10.7. The van der Waals surface area contributed by atoms with E-state index in [0.717, 1.165) is 6.42 Å². The Kier molecular flexibility index (Phi) is 3.94. The van der Waals surface area contributed by atoms with Crippen molar-refractivity contribution < 1.29 is 9.90 Å². The smallest absolute Gasteiger partial charge is 0.335 e. The van der Waals surface area contributed by atoms with Crippen molar-refractivity contribution in [1.82, 2.24) is 5.32 Å². The van der Waals surface area contributed by atoms with E-state index >= 15 is 0 Å². The van der Waals surface area contributed by atoms with Crippen molar-refractivity contribution in [3.05, 3.63) is 35.4 Å². The number of carboxylic acid groups (broad SMARTS) is 1. The molecule has 0 radical (unpaired) electrons. The summed E-state index contributed by atoms with van der Waals surface area (Å²) in [5.41, 5.74) is 1.84. The lowest BCUT2D eigenvalue weighted by Crippen LogP contribution is -2.29. The summed E-state index contributed by atoms with van der Waals surface area (Å²) in [6.07, 6.45) is 3.41. The minimum atomic E-state index is -0.865. The Balaban J connectivity index is 0.00000128. The van der Waals surface area contributed by atoms with E-state index in [1.165, 1.54) is 18.4 Å². The highest BCUT2D eigenvalue weighted by atomic mass is 35.5. The Hall–Kier alpha value is -1.06. The van der Waals surface area contributed by atoms with Gasteiger partial charge in [0.1, 0.15) is 0 Å². The number of halogens is 1. The van der Waals surface area contributed by atoms with E-state index in [1.807, 2.05) is 19.2 Å². The van der Waals surface area contributed by atoms with Crippen LogP contribution in [-0.4, -0.2) is 23.7 Å². The largest absolute Gasteiger partial charge is 0.478 e. The first kappa shape index (κ1) is 13.0. The van der Waals surface area contributed by atoms with E-state index in [1.54, 1.807) is 12.1 Å². The average Bonchev–Trinajstić information content (AvgIpc) is 2.99. The Labute approximate surface area is 101 Å². The standard InChI is InChI=1S/C12H15NO2.ClH/c1-13-12(6-7-12)8-9-2-4-10(5-3-9)11(14)15;/h2-5,13H,6-8H2,1H3,(H,14,15);1H. The number of carbonyl (C=O) groups is 1. The van der Waals surface area contributed by atoms with E-state index in [0.29, 0.717) is 5.56 Å². The minimum absolute atomic E-state index is 0. The van der Waals surface area contributed by atoms with E-state index in [9.17, 15) is 4.79 Å². The van der Waals surface area contributed by atoms with Crippen LogP contribution in [0, 0.1) is 0 Å². The molecule has 16 heavy (non-hydrogen) atoms. The van der Waals surface area contributed by atoms with Gasteiger partial charge < -0.3 is 10.4 Å². The van der Waals surface area contributed by atoms with Gasteiger partial charge in [-0.3, -0.25) is 0 Å². The summed E-state index contributed by atoms with van der Waals surface area (Å²) < 4.78 is 0. The van der Waals surface area contributed by atoms with Gasteiger partial charge in [0.15, 0.2) is 0 Å². The predicted molar refractivity (Wildman–Crippen MR) is 65.4 cm³/mol. The first-order valence-corrected chi connectivity index (χ1v) is 5.16. The number of rotatable bonds is 4. The van der Waals surface area contributed by atoms with Crippen LogP contribution in [0.15, 0.2) is 24.3 Å². The molecule has 1 aromatic carbocycles. The molecule has 1 aromatic rings. The Morgan fingerprint density at radius 3 is 2.31 bits per heavy atom. The zero-order chi connectivity index (χ0) is 10.9. The zero-order valence-electron chi connectivity index (χ0n) is 9.19. The van der Waals surface area contributed by atoms with Gasteiger partial charge in [0, 0.05) is 5.54 Å². The fourth-order valence-electron chi connectivity index (χ4n) is 1.82. The second kappa shape index (κ2) is 4.85. The maximum atomic E-state index is 10.7. The number of likely N-dealkylation sites (N-methyl/N-ethyl adjacent to an activating group) is 1. The zero-order valence-corrected chi connectivity index (χ0v) is 10.0. The first-order chi connectivity index (χ1) is 7.15. The molecule has 0 unspecified atom stereocenters. The van der Waals surface area contributed by atoms with Crippen LogP contribution in [0.5, 0.6) is 0 Å². The first-order valence-electron chi connectivity index (χ1n) is 5.16. The SMILES string of the molecule is CNC1(Cc2ccc(C(=O)O)cc2)CC1.Cl. The van der Waals surface area contributed by atoms with E-state index in [4.69, 9.17) is 5.11 Å². The molecule has 3 nitrogen and oxygen atoms in total. The van der Waals surface area contributed by atoms with Crippen LogP contribution >= 0.6 is 12.4 Å². The molecule has 4 heteroatoms. The van der Waals surface area contributed by atoms with Gasteiger partial charge in [-0.15, -0.1) is 12.4 Å². The summed E-state index contributed by atoms with van der Waals surface area (Å²) in [5.74, 6) is -0.865. The van der Waals surface area contributed by atoms with Crippen molar-refractivity contribution in [2.75, 3.05) is 7.05 Å². The van der Waals surface area contributed by atoms with Crippen molar-refractivity contribution in [1.29, 1.82) is 0 Å². The molecule has 2 N–H and O–H groups in total. The Morgan fingerprint density at radius 2 is 1.94 bits per heavy atom. The molecule has 0 spiro atoms. The lowest BCUT2D eigenvalue weighted by molar-refractivity contribution is 0.0697. The second-order valence-electron chi connectivity index (χ2n) is 4.21. The number of benzene rings is 1. The highest BCUT2D eigenvalue weighted by Gasteiger charge is 2.40. The van der Waals surface area contributed by atoms with E-state index in [2.05, 4.69) is 5.32 Å². The molecular formula is C12H16ClNO2. The van der Waals surface area contributed by atoms with E-state index in [-0.39, 0.29) is 17.9 Å². The van der Waals surface area contributed by atoms with Crippen LogP contribution < -0.4 is 5.32 Å². The van der Waals surface area contributed by atoms with Gasteiger partial charge in [-0.1, -0.05) is 12.1 Å². The van der Waals surface area contributed by atoms with Crippen molar-refractivity contribution in [2.45, 2.75) is 24.8 Å². The average molecular weight is 242 g/mol. The summed E-state index contributed by atoms with van der Waals surface area (Å²) >= 11 is 0. The predicted octanol–water partition coefficient (Wildman–Crippen LogP) is 2.10. The van der Waals surface area contributed by atoms with Gasteiger partial charge in [-0.05, 0) is 44.0 Å². The molecule has 1 saturated carbocycles. The van der Waals surface area contributed by atoms with Crippen molar-refractivity contribution >= 4 is 18.4 Å². The van der Waals surface area contributed by atoms with Crippen LogP contribution in [0.25, 0.3) is 0 Å². The molecule has 0 aliphatic heterocycles. The Morgan fingerprint density at radius 1 is 1.38 bits per heavy atom. The molecule has 0 bridgehead atoms. The molecule has 1 fully saturated rings. The summed E-state index contributed by atoms with van der Waals surface area (Å²) in [6, 6.07) is 7.15. The minimum Gasteiger partial charge on any atom is -0.478 e. The van der Waals surface area contributed by atoms with Gasteiger partial charge in [-0.2, -0.15) is 0 Å². The summed E-state index contributed by atoms with van der Waals surface area (Å²) in [6.45, 7) is 0.